The minimum absolute atomic E-state index is 0.163. The van der Waals surface area contributed by atoms with Gasteiger partial charge < -0.3 is 10.6 Å². The third-order valence-electron chi connectivity index (χ3n) is 2.58. The Morgan fingerprint density at radius 2 is 2.10 bits per heavy atom. The minimum atomic E-state index is -0.482. The minimum Gasteiger partial charge on any atom is -0.354 e. The third-order valence-corrected chi connectivity index (χ3v) is 3.04. The highest BCUT2D eigenvalue weighted by Crippen LogP contribution is 2.23. The molecular formula is C14H16BrFN4. The van der Waals surface area contributed by atoms with Gasteiger partial charge >= 0.3 is 0 Å². The topological polar surface area (TPSA) is 49.8 Å². The fourth-order valence-electron chi connectivity index (χ4n) is 1.72. The predicted octanol–water partition coefficient (Wildman–Crippen LogP) is 4.25. The molecule has 1 heterocycles. The zero-order chi connectivity index (χ0) is 14.5. The van der Waals surface area contributed by atoms with Crippen LogP contribution in [-0.4, -0.2) is 16.5 Å². The van der Waals surface area contributed by atoms with E-state index in [0.717, 1.165) is 34.9 Å². The van der Waals surface area contributed by atoms with E-state index in [0.29, 0.717) is 5.95 Å². The zero-order valence-corrected chi connectivity index (χ0v) is 13.0. The molecular weight excluding hydrogens is 323 g/mol. The van der Waals surface area contributed by atoms with Crippen molar-refractivity contribution in [2.24, 2.45) is 0 Å². The Morgan fingerprint density at radius 3 is 2.80 bits per heavy atom. The van der Waals surface area contributed by atoms with Crippen molar-refractivity contribution in [1.82, 2.24) is 9.97 Å². The monoisotopic (exact) mass is 338 g/mol. The van der Waals surface area contributed by atoms with Crippen LogP contribution in [0.4, 0.5) is 21.8 Å². The summed E-state index contributed by atoms with van der Waals surface area (Å²) in [5, 5.41) is 6.01. The molecule has 0 unspecified atom stereocenters. The van der Waals surface area contributed by atoms with E-state index in [1.807, 2.05) is 32.0 Å². The van der Waals surface area contributed by atoms with Gasteiger partial charge in [-0.1, -0.05) is 22.9 Å². The van der Waals surface area contributed by atoms with E-state index in [1.165, 1.54) is 0 Å². The summed E-state index contributed by atoms with van der Waals surface area (Å²) in [7, 11) is 0. The maximum Gasteiger partial charge on any atom is 0.224 e. The molecule has 0 atom stereocenters. The van der Waals surface area contributed by atoms with Gasteiger partial charge in [0.25, 0.3) is 0 Å². The fraction of sp³-hybridized carbons (Fsp3) is 0.286. The molecule has 0 aliphatic rings. The van der Waals surface area contributed by atoms with E-state index in [-0.39, 0.29) is 5.82 Å². The van der Waals surface area contributed by atoms with Gasteiger partial charge in [-0.25, -0.2) is 9.37 Å². The lowest BCUT2D eigenvalue weighted by Crippen LogP contribution is -2.07. The number of benzene rings is 1. The van der Waals surface area contributed by atoms with Crippen LogP contribution in [-0.2, 0) is 0 Å². The molecule has 2 aromatic rings. The average molecular weight is 339 g/mol. The van der Waals surface area contributed by atoms with Crippen LogP contribution in [0, 0.1) is 12.7 Å². The Morgan fingerprint density at radius 1 is 1.30 bits per heavy atom. The number of halogens is 2. The quantitative estimate of drug-likeness (QED) is 0.855. The van der Waals surface area contributed by atoms with E-state index in [4.69, 9.17) is 0 Å². The van der Waals surface area contributed by atoms with Gasteiger partial charge in [0.15, 0.2) is 11.6 Å². The Hall–Kier alpha value is -1.69. The number of aromatic nitrogens is 2. The zero-order valence-electron chi connectivity index (χ0n) is 11.4. The molecule has 2 rings (SSSR count). The van der Waals surface area contributed by atoms with Crippen LogP contribution >= 0.6 is 15.9 Å². The van der Waals surface area contributed by atoms with Gasteiger partial charge in [0, 0.05) is 16.7 Å². The summed E-state index contributed by atoms with van der Waals surface area (Å²) >= 11 is 3.41. The lowest BCUT2D eigenvalue weighted by Gasteiger charge is -2.10. The number of anilines is 3. The number of hydrogen-bond donors (Lipinski definition) is 2. The summed E-state index contributed by atoms with van der Waals surface area (Å²) in [6.07, 6.45) is 2.12. The highest BCUT2D eigenvalue weighted by atomic mass is 79.9. The number of hydrogen-bond acceptors (Lipinski definition) is 4. The molecule has 106 valence electrons. The lowest BCUT2D eigenvalue weighted by atomic mass is 10.2. The molecule has 2 N–H and O–H groups in total. The summed E-state index contributed by atoms with van der Waals surface area (Å²) in [6.45, 7) is 4.77. The second-order valence-corrected chi connectivity index (χ2v) is 5.37. The molecule has 20 heavy (non-hydrogen) atoms. The van der Waals surface area contributed by atoms with E-state index in [2.05, 4.69) is 36.5 Å². The second-order valence-electron chi connectivity index (χ2n) is 4.46. The van der Waals surface area contributed by atoms with Crippen molar-refractivity contribution in [3.63, 3.8) is 0 Å². The maximum absolute atomic E-state index is 13.8. The van der Waals surface area contributed by atoms with Crippen molar-refractivity contribution in [2.45, 2.75) is 20.3 Å². The lowest BCUT2D eigenvalue weighted by molar-refractivity contribution is 0.619. The summed E-state index contributed by atoms with van der Waals surface area (Å²) in [4.78, 5) is 8.05. The van der Waals surface area contributed by atoms with Gasteiger partial charge in [0.1, 0.15) is 0 Å². The molecule has 1 aromatic heterocycles. The van der Waals surface area contributed by atoms with E-state index >= 15 is 0 Å². The van der Waals surface area contributed by atoms with Gasteiger partial charge in [0.2, 0.25) is 5.95 Å². The molecule has 0 radical (unpaired) electrons. The van der Waals surface area contributed by atoms with E-state index in [9.17, 15) is 4.39 Å². The fourth-order valence-corrected chi connectivity index (χ4v) is 2.33. The largest absolute Gasteiger partial charge is 0.354 e. The molecule has 0 saturated carbocycles. The summed E-state index contributed by atoms with van der Waals surface area (Å²) in [5.74, 6) is 0.100. The van der Waals surface area contributed by atoms with Crippen LogP contribution in [0.3, 0.4) is 0 Å². The van der Waals surface area contributed by atoms with Crippen LogP contribution in [0.15, 0.2) is 28.9 Å². The first kappa shape index (κ1) is 14.7. The molecule has 1 aromatic carbocycles. The van der Waals surface area contributed by atoms with E-state index < -0.39 is 5.82 Å². The molecule has 0 aliphatic heterocycles. The molecule has 0 fully saturated rings. The standard InChI is InChI=1S/C14H16BrFN4/c1-3-4-17-14-18-8-12(16)13(20-14)19-11-6-9(2)5-10(15)7-11/h5-8H,3-4H2,1-2H3,(H2,17,18,19,20). The van der Waals surface area contributed by atoms with Gasteiger partial charge in [-0.15, -0.1) is 0 Å². The molecule has 0 aliphatic carbocycles. The van der Waals surface area contributed by atoms with Crippen LogP contribution in [0.25, 0.3) is 0 Å². The number of rotatable bonds is 5. The molecule has 0 saturated heterocycles. The molecule has 6 heteroatoms. The van der Waals surface area contributed by atoms with Gasteiger partial charge in [0.05, 0.1) is 6.20 Å². The van der Waals surface area contributed by atoms with Crippen LogP contribution in [0.1, 0.15) is 18.9 Å². The highest BCUT2D eigenvalue weighted by molar-refractivity contribution is 9.10. The molecule has 4 nitrogen and oxygen atoms in total. The first-order chi connectivity index (χ1) is 9.58. The maximum atomic E-state index is 13.8. The highest BCUT2D eigenvalue weighted by Gasteiger charge is 2.07. The normalized spacial score (nSPS) is 10.4. The summed E-state index contributed by atoms with van der Waals surface area (Å²) in [6, 6.07) is 5.77. The SMILES string of the molecule is CCCNc1ncc(F)c(Nc2cc(C)cc(Br)c2)n1. The number of aryl methyl sites for hydroxylation is 1. The van der Waals surface area contributed by atoms with Crippen molar-refractivity contribution in [3.8, 4) is 0 Å². The Bertz CT molecular complexity index is 583. The number of nitrogens with zero attached hydrogens (tertiary/aromatic N) is 2. The number of nitrogens with one attached hydrogen (secondary N) is 2. The van der Waals surface area contributed by atoms with Crippen molar-refractivity contribution in [3.05, 3.63) is 40.2 Å². The molecule has 0 amide bonds. The Labute approximate surface area is 126 Å². The van der Waals surface area contributed by atoms with E-state index in [1.54, 1.807) is 0 Å². The second kappa shape index (κ2) is 6.65. The summed E-state index contributed by atoms with van der Waals surface area (Å²) in [5.41, 5.74) is 1.84. The first-order valence-electron chi connectivity index (χ1n) is 6.39. The molecule has 0 bridgehead atoms. The predicted molar refractivity (Wildman–Crippen MR) is 82.9 cm³/mol. The van der Waals surface area contributed by atoms with Crippen LogP contribution in [0.5, 0.6) is 0 Å². The van der Waals surface area contributed by atoms with Crippen LogP contribution in [0.2, 0.25) is 0 Å². The smallest absolute Gasteiger partial charge is 0.224 e. The Kier molecular flexibility index (Phi) is 4.89. The van der Waals surface area contributed by atoms with Crippen molar-refractivity contribution in [2.75, 3.05) is 17.2 Å². The first-order valence-corrected chi connectivity index (χ1v) is 7.18. The average Bonchev–Trinajstić information content (AvgIpc) is 2.38. The van der Waals surface area contributed by atoms with Crippen molar-refractivity contribution < 1.29 is 4.39 Å². The van der Waals surface area contributed by atoms with Crippen LogP contribution < -0.4 is 10.6 Å². The Balaban J connectivity index is 2.23. The van der Waals surface area contributed by atoms with Crippen molar-refractivity contribution in [1.29, 1.82) is 0 Å². The van der Waals surface area contributed by atoms with Gasteiger partial charge in [-0.05, 0) is 37.1 Å². The third kappa shape index (κ3) is 3.90. The van der Waals surface area contributed by atoms with Gasteiger partial charge in [-0.2, -0.15) is 4.98 Å². The van der Waals surface area contributed by atoms with Crippen molar-refractivity contribution >= 4 is 33.4 Å². The molecule has 0 spiro atoms. The van der Waals surface area contributed by atoms with Gasteiger partial charge in [-0.3, -0.25) is 0 Å². The summed E-state index contributed by atoms with van der Waals surface area (Å²) < 4.78 is 14.7.